The maximum absolute atomic E-state index is 12.6. The molecular formula is C16H22N4OS. The van der Waals surface area contributed by atoms with Crippen LogP contribution in [0.2, 0.25) is 0 Å². The molecule has 118 valence electrons. The van der Waals surface area contributed by atoms with Crippen molar-refractivity contribution >= 4 is 33.3 Å². The first-order chi connectivity index (χ1) is 10.6. The first-order valence-electron chi connectivity index (χ1n) is 7.44. The van der Waals surface area contributed by atoms with Crippen molar-refractivity contribution in [3.05, 3.63) is 29.4 Å². The summed E-state index contributed by atoms with van der Waals surface area (Å²) in [6.45, 7) is 9.18. The van der Waals surface area contributed by atoms with Crippen molar-refractivity contribution in [2.75, 3.05) is 25.5 Å². The molecule has 0 unspecified atom stereocenters. The number of rotatable bonds is 7. The fourth-order valence-electron chi connectivity index (χ4n) is 2.25. The van der Waals surface area contributed by atoms with Gasteiger partial charge in [0.15, 0.2) is 0 Å². The van der Waals surface area contributed by atoms with E-state index in [-0.39, 0.29) is 5.91 Å². The van der Waals surface area contributed by atoms with E-state index in [2.05, 4.69) is 28.8 Å². The van der Waals surface area contributed by atoms with E-state index in [0.717, 1.165) is 45.9 Å². The van der Waals surface area contributed by atoms with Gasteiger partial charge in [0.2, 0.25) is 0 Å². The lowest BCUT2D eigenvalue weighted by Crippen LogP contribution is -2.27. The normalized spacial score (nSPS) is 10.7. The van der Waals surface area contributed by atoms with Crippen molar-refractivity contribution in [2.45, 2.75) is 26.7 Å². The van der Waals surface area contributed by atoms with Crippen LogP contribution < -0.4 is 5.32 Å². The van der Waals surface area contributed by atoms with Crippen molar-refractivity contribution in [1.29, 1.82) is 0 Å². The molecule has 0 radical (unpaired) electrons. The molecule has 0 aliphatic carbocycles. The van der Waals surface area contributed by atoms with E-state index < -0.39 is 0 Å². The zero-order valence-electron chi connectivity index (χ0n) is 13.3. The summed E-state index contributed by atoms with van der Waals surface area (Å²) < 4.78 is 0. The maximum atomic E-state index is 12.6. The van der Waals surface area contributed by atoms with Crippen LogP contribution in [-0.2, 0) is 0 Å². The molecule has 5 nitrogen and oxygen atoms in total. The highest BCUT2D eigenvalue weighted by Crippen LogP contribution is 2.33. The molecule has 22 heavy (non-hydrogen) atoms. The summed E-state index contributed by atoms with van der Waals surface area (Å²) in [5.74, 6) is 0.817. The SMILES string of the molecule is C=CCNc1ncnc2sc(C(=O)N(C)CCCC)c(C)c12. The zero-order valence-corrected chi connectivity index (χ0v) is 14.2. The number of hydrogen-bond acceptors (Lipinski definition) is 5. The molecule has 2 heterocycles. The van der Waals surface area contributed by atoms with Gasteiger partial charge in [0.05, 0.1) is 10.3 Å². The molecule has 1 amide bonds. The predicted octanol–water partition coefficient (Wildman–Crippen LogP) is 3.47. The summed E-state index contributed by atoms with van der Waals surface area (Å²) in [4.78, 5) is 24.6. The quantitative estimate of drug-likeness (QED) is 0.794. The van der Waals surface area contributed by atoms with Gasteiger partial charge in [-0.2, -0.15) is 0 Å². The number of aryl methyl sites for hydroxylation is 1. The van der Waals surface area contributed by atoms with Crippen molar-refractivity contribution in [2.24, 2.45) is 0 Å². The first-order valence-corrected chi connectivity index (χ1v) is 8.26. The van der Waals surface area contributed by atoms with Gasteiger partial charge in [0.25, 0.3) is 5.91 Å². The zero-order chi connectivity index (χ0) is 16.1. The Bertz CT molecular complexity index is 680. The molecule has 0 aliphatic heterocycles. The summed E-state index contributed by atoms with van der Waals surface area (Å²) in [5.41, 5.74) is 0.945. The second kappa shape index (κ2) is 7.35. The van der Waals surface area contributed by atoms with Crippen LogP contribution in [0.4, 0.5) is 5.82 Å². The maximum Gasteiger partial charge on any atom is 0.264 e. The smallest absolute Gasteiger partial charge is 0.264 e. The van der Waals surface area contributed by atoms with Crippen molar-refractivity contribution in [1.82, 2.24) is 14.9 Å². The van der Waals surface area contributed by atoms with Crippen LogP contribution in [0.25, 0.3) is 10.2 Å². The summed E-state index contributed by atoms with van der Waals surface area (Å²) in [7, 11) is 1.85. The van der Waals surface area contributed by atoms with Crippen LogP contribution in [-0.4, -0.2) is 40.9 Å². The van der Waals surface area contributed by atoms with E-state index in [1.165, 1.54) is 17.7 Å². The van der Waals surface area contributed by atoms with E-state index >= 15 is 0 Å². The van der Waals surface area contributed by atoms with E-state index in [4.69, 9.17) is 0 Å². The van der Waals surface area contributed by atoms with Gasteiger partial charge >= 0.3 is 0 Å². The highest BCUT2D eigenvalue weighted by Gasteiger charge is 2.21. The second-order valence-electron chi connectivity index (χ2n) is 5.21. The Labute approximate surface area is 135 Å². The van der Waals surface area contributed by atoms with Gasteiger partial charge in [-0.15, -0.1) is 17.9 Å². The average molecular weight is 318 g/mol. The number of nitrogens with zero attached hydrogens (tertiary/aromatic N) is 3. The summed E-state index contributed by atoms with van der Waals surface area (Å²) in [6, 6.07) is 0. The molecular weight excluding hydrogens is 296 g/mol. The van der Waals surface area contributed by atoms with E-state index in [9.17, 15) is 4.79 Å². The fourth-order valence-corrected chi connectivity index (χ4v) is 3.39. The Hall–Kier alpha value is -1.95. The van der Waals surface area contributed by atoms with E-state index in [1.54, 1.807) is 11.0 Å². The van der Waals surface area contributed by atoms with Crippen molar-refractivity contribution in [3.63, 3.8) is 0 Å². The largest absolute Gasteiger partial charge is 0.366 e. The minimum Gasteiger partial charge on any atom is -0.366 e. The topological polar surface area (TPSA) is 58.1 Å². The molecule has 0 aromatic carbocycles. The van der Waals surface area contributed by atoms with E-state index in [1.807, 2.05) is 14.0 Å². The minimum atomic E-state index is 0.0589. The molecule has 0 saturated heterocycles. The molecule has 0 atom stereocenters. The van der Waals surface area contributed by atoms with Gasteiger partial charge in [0.1, 0.15) is 17.0 Å². The van der Waals surface area contributed by atoms with Gasteiger partial charge in [-0.3, -0.25) is 4.79 Å². The van der Waals surface area contributed by atoms with Crippen LogP contribution >= 0.6 is 11.3 Å². The third-order valence-corrected chi connectivity index (χ3v) is 4.72. The molecule has 2 aromatic rings. The number of carbonyl (C=O) groups is 1. The Kier molecular flexibility index (Phi) is 5.49. The van der Waals surface area contributed by atoms with Crippen LogP contribution in [0.15, 0.2) is 19.0 Å². The number of hydrogen-bond donors (Lipinski definition) is 1. The third kappa shape index (κ3) is 3.27. The number of nitrogens with one attached hydrogen (secondary N) is 1. The monoisotopic (exact) mass is 318 g/mol. The number of thiophene rings is 1. The number of unbranched alkanes of at least 4 members (excludes halogenated alkanes) is 1. The molecule has 1 N–H and O–H groups in total. The number of fused-ring (bicyclic) bond motifs is 1. The molecule has 0 spiro atoms. The average Bonchev–Trinajstić information content (AvgIpc) is 2.87. The first kappa shape index (κ1) is 16.4. The van der Waals surface area contributed by atoms with Crippen molar-refractivity contribution in [3.8, 4) is 0 Å². The van der Waals surface area contributed by atoms with Gasteiger partial charge in [-0.1, -0.05) is 19.4 Å². The Morgan fingerprint density at radius 3 is 2.95 bits per heavy atom. The molecule has 0 bridgehead atoms. The fraction of sp³-hybridized carbons (Fsp3) is 0.438. The second-order valence-corrected chi connectivity index (χ2v) is 6.21. The van der Waals surface area contributed by atoms with Crippen LogP contribution in [0.3, 0.4) is 0 Å². The molecule has 0 aliphatic rings. The summed E-state index contributed by atoms with van der Waals surface area (Å²) in [6.07, 6.45) is 5.39. The van der Waals surface area contributed by atoms with Gasteiger partial charge < -0.3 is 10.2 Å². The molecule has 2 aromatic heterocycles. The van der Waals surface area contributed by atoms with Gasteiger partial charge in [-0.25, -0.2) is 9.97 Å². The lowest BCUT2D eigenvalue weighted by molar-refractivity contribution is 0.0797. The van der Waals surface area contributed by atoms with Gasteiger partial charge in [-0.05, 0) is 18.9 Å². The number of carbonyl (C=O) groups excluding carboxylic acids is 1. The number of amides is 1. The number of anilines is 1. The Balaban J connectivity index is 2.37. The lowest BCUT2D eigenvalue weighted by atomic mass is 10.2. The molecule has 0 fully saturated rings. The lowest BCUT2D eigenvalue weighted by Gasteiger charge is -2.16. The molecule has 0 saturated carbocycles. The highest BCUT2D eigenvalue weighted by atomic mass is 32.1. The van der Waals surface area contributed by atoms with Crippen LogP contribution in [0, 0.1) is 6.92 Å². The number of aromatic nitrogens is 2. The van der Waals surface area contributed by atoms with Crippen LogP contribution in [0.5, 0.6) is 0 Å². The summed E-state index contributed by atoms with van der Waals surface area (Å²) in [5, 5.41) is 4.14. The van der Waals surface area contributed by atoms with Crippen LogP contribution in [0.1, 0.15) is 35.0 Å². The third-order valence-electron chi connectivity index (χ3n) is 3.53. The molecule has 6 heteroatoms. The van der Waals surface area contributed by atoms with E-state index in [0.29, 0.717) is 6.54 Å². The molecule has 2 rings (SSSR count). The standard InChI is InChI=1S/C16H22N4OS/c1-5-7-9-20(4)16(21)13-11(3)12-14(17-8-6-2)18-10-19-15(12)22-13/h6,10H,2,5,7-9H2,1,3-4H3,(H,17,18,19). The minimum absolute atomic E-state index is 0.0589. The highest BCUT2D eigenvalue weighted by molar-refractivity contribution is 7.20. The summed E-state index contributed by atoms with van der Waals surface area (Å²) >= 11 is 1.43. The Morgan fingerprint density at radius 1 is 1.50 bits per heavy atom. The predicted molar refractivity (Wildman–Crippen MR) is 92.7 cm³/mol. The Morgan fingerprint density at radius 2 is 2.27 bits per heavy atom. The van der Waals surface area contributed by atoms with Gasteiger partial charge in [0, 0.05) is 20.1 Å². The van der Waals surface area contributed by atoms with Crippen molar-refractivity contribution < 1.29 is 4.79 Å².